The maximum Gasteiger partial charge on any atom is 0.493 e. The normalized spacial score (nSPS) is 10.1. The van der Waals surface area contributed by atoms with Gasteiger partial charge in [-0.2, -0.15) is 0 Å². The zero-order valence-corrected chi connectivity index (χ0v) is 8.69. The van der Waals surface area contributed by atoms with Crippen molar-refractivity contribution in [1.29, 1.82) is 0 Å². The van der Waals surface area contributed by atoms with Crippen molar-refractivity contribution in [3.8, 4) is 0 Å². The Bertz CT molecular complexity index is 257. The molecule has 0 radical (unpaired) electrons. The standard InChI is InChI=1S/C10H16BNO2/c1-3-13-11(14-4-2)9-5-7-10(12)8-6-9/h5-8H,3-4,12H2,1-2H3. The Morgan fingerprint density at radius 1 is 1.07 bits per heavy atom. The summed E-state index contributed by atoms with van der Waals surface area (Å²) in [4.78, 5) is 0. The van der Waals surface area contributed by atoms with Gasteiger partial charge in [0.2, 0.25) is 0 Å². The number of nitrogens with two attached hydrogens (primary N) is 1. The van der Waals surface area contributed by atoms with Crippen LogP contribution >= 0.6 is 0 Å². The minimum Gasteiger partial charge on any atom is -0.408 e. The molecule has 0 fully saturated rings. The van der Waals surface area contributed by atoms with Crippen molar-refractivity contribution in [2.45, 2.75) is 13.8 Å². The van der Waals surface area contributed by atoms with Crippen LogP contribution < -0.4 is 11.2 Å². The van der Waals surface area contributed by atoms with Crippen LogP contribution in [0.15, 0.2) is 24.3 Å². The largest absolute Gasteiger partial charge is 0.493 e. The zero-order valence-electron chi connectivity index (χ0n) is 8.69. The summed E-state index contributed by atoms with van der Waals surface area (Å²) in [7, 11) is -0.273. The van der Waals surface area contributed by atoms with Gasteiger partial charge < -0.3 is 15.0 Å². The molecule has 0 amide bonds. The van der Waals surface area contributed by atoms with Gasteiger partial charge in [-0.25, -0.2) is 0 Å². The number of benzene rings is 1. The molecule has 0 aromatic heterocycles. The van der Waals surface area contributed by atoms with Gasteiger partial charge in [0.1, 0.15) is 0 Å². The molecule has 2 N–H and O–H groups in total. The Morgan fingerprint density at radius 3 is 2.00 bits per heavy atom. The van der Waals surface area contributed by atoms with Gasteiger partial charge in [0.15, 0.2) is 0 Å². The number of rotatable bonds is 5. The lowest BCUT2D eigenvalue weighted by atomic mass is 9.79. The van der Waals surface area contributed by atoms with E-state index in [9.17, 15) is 0 Å². The molecule has 0 aliphatic carbocycles. The molecule has 1 aromatic carbocycles. The predicted octanol–water partition coefficient (Wildman–Crippen LogP) is 1.04. The van der Waals surface area contributed by atoms with Crippen LogP contribution in [0.25, 0.3) is 0 Å². The van der Waals surface area contributed by atoms with Gasteiger partial charge in [0.05, 0.1) is 0 Å². The molecule has 4 heteroatoms. The summed E-state index contributed by atoms with van der Waals surface area (Å²) in [6.07, 6.45) is 0. The first kappa shape index (κ1) is 11.1. The Kier molecular flexibility index (Phi) is 4.49. The van der Waals surface area contributed by atoms with Crippen molar-refractivity contribution in [3.05, 3.63) is 24.3 Å². The Morgan fingerprint density at radius 2 is 1.57 bits per heavy atom. The fourth-order valence-corrected chi connectivity index (χ4v) is 1.20. The van der Waals surface area contributed by atoms with E-state index in [1.54, 1.807) is 0 Å². The van der Waals surface area contributed by atoms with Gasteiger partial charge in [-0.3, -0.25) is 0 Å². The second-order valence-corrected chi connectivity index (χ2v) is 2.91. The molecule has 0 spiro atoms. The van der Waals surface area contributed by atoms with Crippen LogP contribution in [0.2, 0.25) is 0 Å². The molecule has 14 heavy (non-hydrogen) atoms. The SMILES string of the molecule is CCOB(OCC)c1ccc(N)cc1. The molecule has 76 valence electrons. The third-order valence-corrected chi connectivity index (χ3v) is 1.84. The summed E-state index contributed by atoms with van der Waals surface area (Å²) in [6.45, 7) is 5.16. The van der Waals surface area contributed by atoms with Crippen molar-refractivity contribution in [2.75, 3.05) is 18.9 Å². The van der Waals surface area contributed by atoms with E-state index in [1.165, 1.54) is 0 Å². The Balaban J connectivity index is 2.71. The topological polar surface area (TPSA) is 44.5 Å². The van der Waals surface area contributed by atoms with Crippen LogP contribution in [-0.4, -0.2) is 20.3 Å². The first-order valence-electron chi connectivity index (χ1n) is 4.86. The Hall–Kier alpha value is -0.995. The van der Waals surface area contributed by atoms with Crippen molar-refractivity contribution in [1.82, 2.24) is 0 Å². The fraction of sp³-hybridized carbons (Fsp3) is 0.400. The summed E-state index contributed by atoms with van der Waals surface area (Å²) in [6, 6.07) is 7.54. The lowest BCUT2D eigenvalue weighted by Gasteiger charge is -2.12. The third-order valence-electron chi connectivity index (χ3n) is 1.84. The molecule has 0 aliphatic rings. The number of hydrogen-bond donors (Lipinski definition) is 1. The third kappa shape index (κ3) is 3.05. The summed E-state index contributed by atoms with van der Waals surface area (Å²) in [5.74, 6) is 0. The van der Waals surface area contributed by atoms with Crippen molar-refractivity contribution in [2.24, 2.45) is 0 Å². The van der Waals surface area contributed by atoms with Crippen LogP contribution in [0.4, 0.5) is 5.69 Å². The van der Waals surface area contributed by atoms with E-state index in [2.05, 4.69) is 0 Å². The number of anilines is 1. The van der Waals surface area contributed by atoms with Crippen LogP contribution in [0.3, 0.4) is 0 Å². The molecule has 0 aliphatic heterocycles. The highest BCUT2D eigenvalue weighted by Gasteiger charge is 2.19. The number of nitrogen functional groups attached to an aromatic ring is 1. The molecule has 0 unspecified atom stereocenters. The molecule has 0 saturated carbocycles. The van der Waals surface area contributed by atoms with E-state index in [0.29, 0.717) is 13.2 Å². The van der Waals surface area contributed by atoms with E-state index in [-0.39, 0.29) is 7.12 Å². The first-order chi connectivity index (χ1) is 6.77. The minimum absolute atomic E-state index is 0.273. The predicted molar refractivity (Wildman–Crippen MR) is 59.5 cm³/mol. The summed E-state index contributed by atoms with van der Waals surface area (Å²) >= 11 is 0. The van der Waals surface area contributed by atoms with Gasteiger partial charge in [-0.15, -0.1) is 0 Å². The van der Waals surface area contributed by atoms with Crippen molar-refractivity contribution in [3.63, 3.8) is 0 Å². The molecular formula is C10H16BNO2. The quantitative estimate of drug-likeness (QED) is 0.561. The highest BCUT2D eigenvalue weighted by atomic mass is 16.6. The van der Waals surface area contributed by atoms with E-state index in [1.807, 2.05) is 38.1 Å². The lowest BCUT2D eigenvalue weighted by Crippen LogP contribution is -2.36. The van der Waals surface area contributed by atoms with Crippen LogP contribution in [0, 0.1) is 0 Å². The van der Waals surface area contributed by atoms with Crippen molar-refractivity contribution >= 4 is 18.3 Å². The van der Waals surface area contributed by atoms with Gasteiger partial charge >= 0.3 is 7.12 Å². The lowest BCUT2D eigenvalue weighted by molar-refractivity contribution is 0.225. The molecule has 1 rings (SSSR count). The average Bonchev–Trinajstić information content (AvgIpc) is 2.19. The van der Waals surface area contributed by atoms with Crippen LogP contribution in [0.1, 0.15) is 13.8 Å². The molecule has 0 heterocycles. The van der Waals surface area contributed by atoms with Gasteiger partial charge in [0, 0.05) is 18.9 Å². The van der Waals surface area contributed by atoms with Crippen molar-refractivity contribution < 1.29 is 9.31 Å². The summed E-state index contributed by atoms with van der Waals surface area (Å²) in [5.41, 5.74) is 7.35. The minimum atomic E-state index is -0.273. The van der Waals surface area contributed by atoms with Gasteiger partial charge in [-0.05, 0) is 31.4 Å². The second kappa shape index (κ2) is 5.68. The van der Waals surface area contributed by atoms with E-state index in [0.717, 1.165) is 11.2 Å². The summed E-state index contributed by atoms with van der Waals surface area (Å²) < 4.78 is 10.9. The maximum atomic E-state index is 5.59. The van der Waals surface area contributed by atoms with Gasteiger partial charge in [-0.1, -0.05) is 12.1 Å². The molecule has 1 aromatic rings. The first-order valence-corrected chi connectivity index (χ1v) is 4.86. The van der Waals surface area contributed by atoms with E-state index in [4.69, 9.17) is 15.0 Å². The van der Waals surface area contributed by atoms with Gasteiger partial charge in [0.25, 0.3) is 0 Å². The number of hydrogen-bond acceptors (Lipinski definition) is 3. The van der Waals surface area contributed by atoms with Crippen LogP contribution in [0.5, 0.6) is 0 Å². The van der Waals surface area contributed by atoms with E-state index < -0.39 is 0 Å². The maximum absolute atomic E-state index is 5.59. The molecule has 0 bridgehead atoms. The zero-order chi connectivity index (χ0) is 10.4. The molecule has 0 saturated heterocycles. The Labute approximate surface area is 85.4 Å². The fourth-order valence-electron chi connectivity index (χ4n) is 1.20. The highest BCUT2D eigenvalue weighted by molar-refractivity contribution is 6.61. The molecule has 0 atom stereocenters. The summed E-state index contributed by atoms with van der Waals surface area (Å²) in [5, 5.41) is 0. The molecule has 3 nitrogen and oxygen atoms in total. The van der Waals surface area contributed by atoms with Crippen LogP contribution in [-0.2, 0) is 9.31 Å². The highest BCUT2D eigenvalue weighted by Crippen LogP contribution is 1.99. The smallest absolute Gasteiger partial charge is 0.408 e. The monoisotopic (exact) mass is 193 g/mol. The van der Waals surface area contributed by atoms with E-state index >= 15 is 0 Å². The molecular weight excluding hydrogens is 177 g/mol. The second-order valence-electron chi connectivity index (χ2n) is 2.91. The average molecular weight is 193 g/mol.